The molecule has 1 heterocycles. The van der Waals surface area contributed by atoms with E-state index in [1.165, 1.54) is 4.90 Å². The largest absolute Gasteiger partial charge is 0.444 e. The fourth-order valence-electron chi connectivity index (χ4n) is 4.48. The molecule has 6 heteroatoms. The predicted octanol–water partition coefficient (Wildman–Crippen LogP) is 5.62. The minimum absolute atomic E-state index is 0.0274. The van der Waals surface area contributed by atoms with Crippen molar-refractivity contribution in [2.24, 2.45) is 11.3 Å². The fraction of sp³-hybridized carbons (Fsp3) is 0.577. The number of benzene rings is 2. The molecule has 1 aliphatic rings. The van der Waals surface area contributed by atoms with E-state index in [-0.39, 0.29) is 17.8 Å². The standard InChI is InChI=1S/C26H38NO4Si/c1-24(2,3)21-17-27(23(28)30-25(4,5)6)26(29,22(21)31-32(7)8)16-18-13-14-19-11-9-10-12-20(19)15-18/h9-15,21-22,29H,16-17H2,1-8H3/t21-,22?,26+/m1/s1. The zero-order chi connectivity index (χ0) is 23.9. The molecule has 1 fully saturated rings. The number of carbonyl (C=O) groups is 1. The highest BCUT2D eigenvalue weighted by molar-refractivity contribution is 6.48. The highest BCUT2D eigenvalue weighted by Gasteiger charge is 2.59. The van der Waals surface area contributed by atoms with E-state index in [1.54, 1.807) is 0 Å². The van der Waals surface area contributed by atoms with Crippen LogP contribution in [0.15, 0.2) is 42.5 Å². The molecule has 0 spiro atoms. The van der Waals surface area contributed by atoms with E-state index in [2.05, 4.69) is 58.1 Å². The number of amides is 1. The number of fused-ring (bicyclic) bond motifs is 1. The minimum atomic E-state index is -1.50. The van der Waals surface area contributed by atoms with Crippen LogP contribution in [0.25, 0.3) is 10.8 Å². The van der Waals surface area contributed by atoms with Gasteiger partial charge in [-0.15, -0.1) is 0 Å². The summed E-state index contributed by atoms with van der Waals surface area (Å²) in [5.41, 5.74) is -1.34. The third-order valence-corrected chi connectivity index (χ3v) is 6.76. The second-order valence-corrected chi connectivity index (χ2v) is 13.3. The summed E-state index contributed by atoms with van der Waals surface area (Å²) in [6.45, 7) is 16.5. The van der Waals surface area contributed by atoms with E-state index in [0.717, 1.165) is 16.3 Å². The third kappa shape index (κ3) is 5.35. The average Bonchev–Trinajstić information content (AvgIpc) is 2.92. The van der Waals surface area contributed by atoms with Crippen molar-refractivity contribution in [1.29, 1.82) is 0 Å². The van der Waals surface area contributed by atoms with Gasteiger partial charge in [0.15, 0.2) is 5.72 Å². The van der Waals surface area contributed by atoms with Crippen molar-refractivity contribution in [3.05, 3.63) is 48.0 Å². The zero-order valence-corrected chi connectivity index (χ0v) is 21.7. The molecule has 0 saturated carbocycles. The summed E-state index contributed by atoms with van der Waals surface area (Å²) in [7, 11) is -1.13. The molecule has 1 aliphatic heterocycles. The lowest BCUT2D eigenvalue weighted by molar-refractivity contribution is -0.136. The van der Waals surface area contributed by atoms with Crippen molar-refractivity contribution in [1.82, 2.24) is 4.90 Å². The summed E-state index contributed by atoms with van der Waals surface area (Å²) in [5.74, 6) is -0.0274. The summed E-state index contributed by atoms with van der Waals surface area (Å²) in [6, 6.07) is 14.3. The molecule has 3 rings (SSSR count). The maximum Gasteiger partial charge on any atom is 0.412 e. The van der Waals surface area contributed by atoms with Gasteiger partial charge in [-0.25, -0.2) is 4.79 Å². The van der Waals surface area contributed by atoms with Crippen molar-refractivity contribution in [2.75, 3.05) is 6.54 Å². The first-order chi connectivity index (χ1) is 14.7. The number of hydrogen-bond acceptors (Lipinski definition) is 4. The molecule has 0 aromatic heterocycles. The van der Waals surface area contributed by atoms with Gasteiger partial charge in [-0.1, -0.05) is 63.2 Å². The predicted molar refractivity (Wildman–Crippen MR) is 131 cm³/mol. The SMILES string of the molecule is C[Si](C)OC1[C@H](C(C)(C)C)CN(C(=O)OC(C)(C)C)[C@]1(O)Cc1ccc2ccccc2c1. The van der Waals surface area contributed by atoms with E-state index in [1.807, 2.05) is 39.0 Å². The van der Waals surface area contributed by atoms with Crippen molar-refractivity contribution in [2.45, 2.75) is 78.5 Å². The van der Waals surface area contributed by atoms with Gasteiger partial charge in [0, 0.05) is 18.9 Å². The van der Waals surface area contributed by atoms with Crippen molar-refractivity contribution in [3.63, 3.8) is 0 Å². The maximum absolute atomic E-state index is 13.3. The van der Waals surface area contributed by atoms with E-state index in [4.69, 9.17) is 9.16 Å². The summed E-state index contributed by atoms with van der Waals surface area (Å²) in [5, 5.41) is 14.5. The lowest BCUT2D eigenvalue weighted by Crippen LogP contribution is -2.57. The van der Waals surface area contributed by atoms with Crippen molar-refractivity contribution >= 4 is 25.9 Å². The van der Waals surface area contributed by atoms with Gasteiger partial charge in [0.25, 0.3) is 0 Å². The molecular formula is C26H38NO4Si. The summed E-state index contributed by atoms with van der Waals surface area (Å²) in [6.07, 6.45) is -0.712. The van der Waals surface area contributed by atoms with Crippen LogP contribution < -0.4 is 0 Å². The molecule has 5 nitrogen and oxygen atoms in total. The Balaban J connectivity index is 2.06. The normalized spacial score (nSPS) is 24.4. The molecule has 32 heavy (non-hydrogen) atoms. The number of hydrogen-bond donors (Lipinski definition) is 1. The monoisotopic (exact) mass is 456 g/mol. The van der Waals surface area contributed by atoms with Gasteiger partial charge < -0.3 is 14.3 Å². The summed E-state index contributed by atoms with van der Waals surface area (Å²) in [4.78, 5) is 14.8. The topological polar surface area (TPSA) is 59.0 Å². The first-order valence-corrected chi connectivity index (χ1v) is 13.8. The van der Waals surface area contributed by atoms with Gasteiger partial charge in [-0.05, 0) is 55.6 Å². The second-order valence-electron chi connectivity index (χ2n) is 11.2. The van der Waals surface area contributed by atoms with Crippen LogP contribution in [0.4, 0.5) is 4.79 Å². The smallest absolute Gasteiger partial charge is 0.412 e. The van der Waals surface area contributed by atoms with Crippen LogP contribution in [0, 0.1) is 11.3 Å². The van der Waals surface area contributed by atoms with Crippen LogP contribution >= 0.6 is 0 Å². The Kier molecular flexibility index (Phi) is 6.81. The molecule has 3 atom stereocenters. The van der Waals surface area contributed by atoms with Gasteiger partial charge in [0.2, 0.25) is 9.04 Å². The van der Waals surface area contributed by atoms with Gasteiger partial charge in [-0.2, -0.15) is 0 Å². The first kappa shape index (κ1) is 24.7. The van der Waals surface area contributed by atoms with Gasteiger partial charge in [-0.3, -0.25) is 4.90 Å². The van der Waals surface area contributed by atoms with Crippen LogP contribution in [0.3, 0.4) is 0 Å². The highest BCUT2D eigenvalue weighted by atomic mass is 28.3. The molecule has 1 amide bonds. The summed E-state index contributed by atoms with van der Waals surface area (Å²) < 4.78 is 12.2. The fourth-order valence-corrected chi connectivity index (χ4v) is 5.34. The number of rotatable bonds is 4. The number of nitrogens with zero attached hydrogens (tertiary/aromatic N) is 1. The Labute approximate surface area is 194 Å². The van der Waals surface area contributed by atoms with E-state index in [9.17, 15) is 9.90 Å². The number of likely N-dealkylation sites (tertiary alicyclic amines) is 1. The lowest BCUT2D eigenvalue weighted by Gasteiger charge is -2.40. The number of aliphatic hydroxyl groups is 1. The van der Waals surface area contributed by atoms with Crippen molar-refractivity contribution < 1.29 is 19.1 Å². The van der Waals surface area contributed by atoms with Gasteiger partial charge in [0.1, 0.15) is 5.60 Å². The van der Waals surface area contributed by atoms with Crippen LogP contribution in [0.5, 0.6) is 0 Å². The van der Waals surface area contributed by atoms with E-state index >= 15 is 0 Å². The Morgan fingerprint density at radius 1 is 1.09 bits per heavy atom. The van der Waals surface area contributed by atoms with Crippen LogP contribution in [-0.4, -0.2) is 49.1 Å². The zero-order valence-electron chi connectivity index (χ0n) is 20.7. The Bertz CT molecular complexity index is 962. The van der Waals surface area contributed by atoms with E-state index < -0.39 is 32.6 Å². The quantitative estimate of drug-likeness (QED) is 0.607. The molecule has 1 unspecified atom stereocenters. The van der Waals surface area contributed by atoms with Crippen LogP contribution in [0.2, 0.25) is 13.1 Å². The van der Waals surface area contributed by atoms with Crippen molar-refractivity contribution in [3.8, 4) is 0 Å². The molecule has 1 radical (unpaired) electrons. The minimum Gasteiger partial charge on any atom is -0.444 e. The van der Waals surface area contributed by atoms with E-state index in [0.29, 0.717) is 6.54 Å². The Morgan fingerprint density at radius 3 is 2.28 bits per heavy atom. The summed E-state index contributed by atoms with van der Waals surface area (Å²) >= 11 is 0. The molecule has 2 aromatic carbocycles. The lowest BCUT2D eigenvalue weighted by atomic mass is 9.76. The molecule has 0 bridgehead atoms. The third-order valence-electron chi connectivity index (χ3n) is 6.03. The second kappa shape index (κ2) is 8.80. The highest BCUT2D eigenvalue weighted by Crippen LogP contribution is 2.45. The first-order valence-electron chi connectivity index (χ1n) is 11.4. The molecule has 1 saturated heterocycles. The Hall–Kier alpha value is -1.89. The molecular weight excluding hydrogens is 418 g/mol. The average molecular weight is 457 g/mol. The number of carbonyl (C=O) groups excluding carboxylic acids is 1. The Morgan fingerprint density at radius 2 is 1.72 bits per heavy atom. The molecule has 0 aliphatic carbocycles. The molecule has 1 N–H and O–H groups in total. The molecule has 175 valence electrons. The van der Waals surface area contributed by atoms with Crippen LogP contribution in [0.1, 0.15) is 47.1 Å². The van der Waals surface area contributed by atoms with Crippen LogP contribution in [-0.2, 0) is 15.6 Å². The number of ether oxygens (including phenoxy) is 1. The maximum atomic E-state index is 13.3. The van der Waals surface area contributed by atoms with Gasteiger partial charge >= 0.3 is 6.09 Å². The molecule has 2 aromatic rings. The van der Waals surface area contributed by atoms with Gasteiger partial charge in [0.05, 0.1) is 6.10 Å².